The zero-order chi connectivity index (χ0) is 12.3. The van der Waals surface area contributed by atoms with Crippen molar-refractivity contribution < 1.29 is 9.21 Å². The lowest BCUT2D eigenvalue weighted by Gasteiger charge is -2.17. The maximum atomic E-state index is 12.0. The number of nitrogens with zero attached hydrogens (tertiary/aromatic N) is 2. The third kappa shape index (κ3) is 2.63. The zero-order valence-corrected chi connectivity index (χ0v) is 10.1. The Hall–Kier alpha value is -1.76. The fourth-order valence-electron chi connectivity index (χ4n) is 1.58. The molecule has 1 aromatic rings. The van der Waals surface area contributed by atoms with E-state index in [1.807, 2.05) is 6.92 Å². The van der Waals surface area contributed by atoms with Gasteiger partial charge in [-0.2, -0.15) is 5.26 Å². The van der Waals surface area contributed by atoms with Crippen LogP contribution in [0.4, 0.5) is 0 Å². The summed E-state index contributed by atoms with van der Waals surface area (Å²) in [5, 5.41) is 8.69. The van der Waals surface area contributed by atoms with Crippen LogP contribution in [0.3, 0.4) is 0 Å². The minimum Gasteiger partial charge on any atom is -0.466 e. The second-order valence-electron chi connectivity index (χ2n) is 4.04. The summed E-state index contributed by atoms with van der Waals surface area (Å²) >= 11 is 0. The number of hydrogen-bond acceptors (Lipinski definition) is 3. The van der Waals surface area contributed by atoms with Gasteiger partial charge in [-0.1, -0.05) is 0 Å². The minimum atomic E-state index is -0.165. The topological polar surface area (TPSA) is 57.2 Å². The highest BCUT2D eigenvalue weighted by Crippen LogP contribution is 2.15. The van der Waals surface area contributed by atoms with Gasteiger partial charge < -0.3 is 9.32 Å². The third-order valence-electron chi connectivity index (χ3n) is 2.39. The van der Waals surface area contributed by atoms with Crippen molar-refractivity contribution in [3.05, 3.63) is 23.2 Å². The fraction of sp³-hybridized carbons (Fsp3) is 0.500. The standard InChI is InChI=1S/C12H16N2O2/c1-8(6-13)7-14(4)12(15)11-5-9(2)16-10(11)3/h5,8H,7H2,1-4H3. The quantitative estimate of drug-likeness (QED) is 0.784. The predicted molar refractivity (Wildman–Crippen MR) is 59.9 cm³/mol. The minimum absolute atomic E-state index is 0.101. The number of amides is 1. The second kappa shape index (κ2) is 4.84. The smallest absolute Gasteiger partial charge is 0.257 e. The maximum Gasteiger partial charge on any atom is 0.257 e. The Bertz CT molecular complexity index is 429. The van der Waals surface area contributed by atoms with Crippen LogP contribution in [0.25, 0.3) is 0 Å². The molecule has 0 fully saturated rings. The van der Waals surface area contributed by atoms with Crippen molar-refractivity contribution in [2.45, 2.75) is 20.8 Å². The molecule has 0 bridgehead atoms. The van der Waals surface area contributed by atoms with Crippen molar-refractivity contribution >= 4 is 5.91 Å². The number of aryl methyl sites for hydroxylation is 2. The Balaban J connectivity index is 2.79. The van der Waals surface area contributed by atoms with Crippen molar-refractivity contribution in [2.24, 2.45) is 5.92 Å². The van der Waals surface area contributed by atoms with E-state index < -0.39 is 0 Å². The molecule has 1 atom stereocenters. The van der Waals surface area contributed by atoms with Crippen molar-refractivity contribution in [3.8, 4) is 6.07 Å². The van der Waals surface area contributed by atoms with Crippen LogP contribution in [0.15, 0.2) is 10.5 Å². The molecule has 4 heteroatoms. The van der Waals surface area contributed by atoms with Gasteiger partial charge in [-0.3, -0.25) is 4.79 Å². The van der Waals surface area contributed by atoms with Crippen molar-refractivity contribution in [1.29, 1.82) is 5.26 Å². The molecule has 0 saturated heterocycles. The molecule has 86 valence electrons. The van der Waals surface area contributed by atoms with E-state index in [9.17, 15) is 4.79 Å². The van der Waals surface area contributed by atoms with E-state index in [-0.39, 0.29) is 11.8 Å². The van der Waals surface area contributed by atoms with Gasteiger partial charge >= 0.3 is 0 Å². The largest absolute Gasteiger partial charge is 0.466 e. The van der Waals surface area contributed by atoms with Crippen LogP contribution in [-0.4, -0.2) is 24.4 Å². The summed E-state index contributed by atoms with van der Waals surface area (Å²) in [7, 11) is 1.69. The van der Waals surface area contributed by atoms with Crippen molar-refractivity contribution in [1.82, 2.24) is 4.90 Å². The highest BCUT2D eigenvalue weighted by Gasteiger charge is 2.18. The maximum absolute atomic E-state index is 12.0. The number of rotatable bonds is 3. The highest BCUT2D eigenvalue weighted by molar-refractivity contribution is 5.95. The van der Waals surface area contributed by atoms with Gasteiger partial charge in [0, 0.05) is 13.6 Å². The molecule has 0 N–H and O–H groups in total. The molecule has 1 rings (SSSR count). The average molecular weight is 220 g/mol. The fourth-order valence-corrected chi connectivity index (χ4v) is 1.58. The Morgan fingerprint density at radius 3 is 2.69 bits per heavy atom. The van der Waals surface area contributed by atoms with Crippen LogP contribution in [-0.2, 0) is 0 Å². The molecule has 0 saturated carbocycles. The third-order valence-corrected chi connectivity index (χ3v) is 2.39. The molecule has 1 amide bonds. The van der Waals surface area contributed by atoms with Gasteiger partial charge in [-0.05, 0) is 26.8 Å². The van der Waals surface area contributed by atoms with Crippen LogP contribution < -0.4 is 0 Å². The van der Waals surface area contributed by atoms with Gasteiger partial charge in [0.2, 0.25) is 0 Å². The zero-order valence-electron chi connectivity index (χ0n) is 10.1. The van der Waals surface area contributed by atoms with E-state index in [1.165, 1.54) is 0 Å². The van der Waals surface area contributed by atoms with E-state index in [2.05, 4.69) is 6.07 Å². The molecule has 16 heavy (non-hydrogen) atoms. The molecule has 0 aromatic carbocycles. The van der Waals surface area contributed by atoms with E-state index in [0.717, 1.165) is 5.76 Å². The van der Waals surface area contributed by atoms with E-state index in [0.29, 0.717) is 17.9 Å². The van der Waals surface area contributed by atoms with Gasteiger partial charge in [0.05, 0.1) is 17.6 Å². The summed E-state index contributed by atoms with van der Waals surface area (Å²) in [6, 6.07) is 3.83. The molecule has 0 radical (unpaired) electrons. The molecule has 4 nitrogen and oxygen atoms in total. The Morgan fingerprint density at radius 2 is 2.25 bits per heavy atom. The van der Waals surface area contributed by atoms with Gasteiger partial charge in [0.1, 0.15) is 11.5 Å². The van der Waals surface area contributed by atoms with Crippen LogP contribution >= 0.6 is 0 Å². The first-order valence-electron chi connectivity index (χ1n) is 5.17. The summed E-state index contributed by atoms with van der Waals surface area (Å²) in [6.45, 7) is 5.79. The van der Waals surface area contributed by atoms with Gasteiger partial charge in [-0.15, -0.1) is 0 Å². The number of hydrogen-bond donors (Lipinski definition) is 0. The number of carbonyl (C=O) groups is 1. The Labute approximate surface area is 95.5 Å². The molecule has 1 aromatic heterocycles. The summed E-state index contributed by atoms with van der Waals surface area (Å²) in [5.41, 5.74) is 0.574. The number of furan rings is 1. The lowest BCUT2D eigenvalue weighted by Crippen LogP contribution is -2.30. The summed E-state index contributed by atoms with van der Waals surface area (Å²) in [4.78, 5) is 13.5. The first kappa shape index (κ1) is 12.3. The van der Waals surface area contributed by atoms with Gasteiger partial charge in [0.15, 0.2) is 0 Å². The first-order valence-corrected chi connectivity index (χ1v) is 5.17. The molecular weight excluding hydrogens is 204 g/mol. The number of carbonyl (C=O) groups excluding carboxylic acids is 1. The SMILES string of the molecule is Cc1cc(C(=O)N(C)CC(C)C#N)c(C)o1. The van der Waals surface area contributed by atoms with Crippen LogP contribution in [0.1, 0.15) is 28.8 Å². The molecule has 1 unspecified atom stereocenters. The number of nitriles is 1. The molecule has 1 heterocycles. The van der Waals surface area contributed by atoms with Crippen LogP contribution in [0.2, 0.25) is 0 Å². The molecule has 0 aliphatic carbocycles. The highest BCUT2D eigenvalue weighted by atomic mass is 16.3. The first-order chi connectivity index (χ1) is 7.45. The lowest BCUT2D eigenvalue weighted by atomic mass is 10.1. The van der Waals surface area contributed by atoms with Gasteiger partial charge in [0.25, 0.3) is 5.91 Å². The lowest BCUT2D eigenvalue weighted by molar-refractivity contribution is 0.0783. The van der Waals surface area contributed by atoms with E-state index in [4.69, 9.17) is 9.68 Å². The Kier molecular flexibility index (Phi) is 3.73. The van der Waals surface area contributed by atoms with Crippen molar-refractivity contribution in [2.75, 3.05) is 13.6 Å². The van der Waals surface area contributed by atoms with Crippen LogP contribution in [0.5, 0.6) is 0 Å². The average Bonchev–Trinajstić information content (AvgIpc) is 2.56. The molecule has 0 spiro atoms. The van der Waals surface area contributed by atoms with Crippen LogP contribution in [0, 0.1) is 31.1 Å². The summed E-state index contributed by atoms with van der Waals surface area (Å²) in [6.07, 6.45) is 0. The van der Waals surface area contributed by atoms with E-state index >= 15 is 0 Å². The predicted octanol–water partition coefficient (Wildman–Crippen LogP) is 2.13. The second-order valence-corrected chi connectivity index (χ2v) is 4.04. The normalized spacial score (nSPS) is 11.9. The molecular formula is C12H16N2O2. The summed E-state index contributed by atoms with van der Waals surface area (Å²) < 4.78 is 5.30. The van der Waals surface area contributed by atoms with Gasteiger partial charge in [-0.25, -0.2) is 0 Å². The Morgan fingerprint density at radius 1 is 1.62 bits per heavy atom. The summed E-state index contributed by atoms with van der Waals surface area (Å²) in [5.74, 6) is 1.08. The molecule has 0 aliphatic heterocycles. The van der Waals surface area contributed by atoms with Crippen molar-refractivity contribution in [3.63, 3.8) is 0 Å². The van der Waals surface area contributed by atoms with E-state index in [1.54, 1.807) is 31.9 Å². The monoisotopic (exact) mass is 220 g/mol. The molecule has 0 aliphatic rings.